The maximum absolute atomic E-state index is 5.96. The molecule has 0 saturated carbocycles. The van der Waals surface area contributed by atoms with Gasteiger partial charge in [-0.3, -0.25) is 0 Å². The molecule has 0 atom stereocenters. The Morgan fingerprint density at radius 1 is 1.04 bits per heavy atom. The highest BCUT2D eigenvalue weighted by atomic mass is 35.5. The summed E-state index contributed by atoms with van der Waals surface area (Å²) in [7, 11) is 1.66. The van der Waals surface area contributed by atoms with Crippen LogP contribution in [0, 0.1) is 0 Å². The molecular weight excluding hydrogens is 342 g/mol. The van der Waals surface area contributed by atoms with Gasteiger partial charge in [0.2, 0.25) is 0 Å². The molecule has 4 nitrogen and oxygen atoms in total. The molecule has 4 rings (SSSR count). The monoisotopic (exact) mass is 355 g/mol. The Labute approximate surface area is 149 Å². The lowest BCUT2D eigenvalue weighted by molar-refractivity contribution is 0.415. The van der Waals surface area contributed by atoms with Crippen LogP contribution in [0.4, 0.5) is 0 Å². The van der Waals surface area contributed by atoms with Gasteiger partial charge in [0, 0.05) is 16.3 Å². The third kappa shape index (κ3) is 2.92. The van der Waals surface area contributed by atoms with Crippen molar-refractivity contribution in [1.29, 1.82) is 0 Å². The molecule has 0 spiro atoms. The molecule has 0 aliphatic carbocycles. The van der Waals surface area contributed by atoms with Crippen LogP contribution >= 0.6 is 23.4 Å². The molecule has 0 unspecified atom stereocenters. The molecule has 0 N–H and O–H groups in total. The first-order valence-corrected chi connectivity index (χ1v) is 8.80. The van der Waals surface area contributed by atoms with Crippen molar-refractivity contribution in [2.24, 2.45) is 5.10 Å². The maximum Gasteiger partial charge on any atom is 0.189 e. The van der Waals surface area contributed by atoms with Crippen LogP contribution in [0.2, 0.25) is 5.02 Å². The fourth-order valence-corrected chi connectivity index (χ4v) is 3.51. The fraction of sp³-hybridized carbons (Fsp3) is 0.111. The van der Waals surface area contributed by atoms with Gasteiger partial charge in [-0.05, 0) is 42.0 Å². The molecule has 1 aromatic heterocycles. The number of fused-ring (bicyclic) bond motifs is 1. The topological polar surface area (TPSA) is 39.4 Å². The number of methoxy groups -OCH3 is 1. The Balaban J connectivity index is 1.66. The smallest absolute Gasteiger partial charge is 0.189 e. The van der Waals surface area contributed by atoms with Gasteiger partial charge < -0.3 is 4.74 Å². The van der Waals surface area contributed by atoms with E-state index in [-0.39, 0.29) is 0 Å². The van der Waals surface area contributed by atoms with E-state index in [0.717, 1.165) is 44.2 Å². The summed E-state index contributed by atoms with van der Waals surface area (Å²) in [5.74, 6) is 1.63. The average Bonchev–Trinajstić information content (AvgIpc) is 3.05. The highest BCUT2D eigenvalue weighted by Gasteiger charge is 2.17. The summed E-state index contributed by atoms with van der Waals surface area (Å²) in [5, 5.41) is 6.34. The lowest BCUT2D eigenvalue weighted by Crippen LogP contribution is -2.12. The summed E-state index contributed by atoms with van der Waals surface area (Å²) in [6, 6.07) is 15.6. The van der Waals surface area contributed by atoms with Gasteiger partial charge in [0.15, 0.2) is 5.16 Å². The van der Waals surface area contributed by atoms with Gasteiger partial charge in [0.25, 0.3) is 0 Å². The largest absolute Gasteiger partial charge is 0.497 e. The summed E-state index contributed by atoms with van der Waals surface area (Å²) in [5.41, 5.74) is 4.04. The molecule has 1 aliphatic rings. The van der Waals surface area contributed by atoms with Crippen molar-refractivity contribution in [2.45, 2.75) is 5.16 Å². The number of aromatic nitrogens is 2. The fourth-order valence-electron chi connectivity index (χ4n) is 2.50. The Hall–Kier alpha value is -2.24. The van der Waals surface area contributed by atoms with Crippen molar-refractivity contribution in [2.75, 3.05) is 12.9 Å². The predicted octanol–water partition coefficient (Wildman–Crippen LogP) is 4.57. The van der Waals surface area contributed by atoms with Crippen molar-refractivity contribution in [3.8, 4) is 17.0 Å². The Morgan fingerprint density at radius 2 is 1.75 bits per heavy atom. The summed E-state index contributed by atoms with van der Waals surface area (Å²) in [6.45, 7) is 0. The Kier molecular flexibility index (Phi) is 4.04. The minimum absolute atomic E-state index is 0.730. The molecule has 0 radical (unpaired) electrons. The highest BCUT2D eigenvalue weighted by molar-refractivity contribution is 7.99. The zero-order valence-corrected chi connectivity index (χ0v) is 14.5. The number of benzene rings is 2. The van der Waals surface area contributed by atoms with Crippen LogP contribution in [0.3, 0.4) is 0 Å². The number of thioether (sulfide) groups is 1. The quantitative estimate of drug-likeness (QED) is 0.690. The molecule has 120 valence electrons. The van der Waals surface area contributed by atoms with Crippen LogP contribution in [0.5, 0.6) is 5.75 Å². The van der Waals surface area contributed by atoms with Gasteiger partial charge in [-0.25, -0.2) is 9.66 Å². The number of nitrogens with zero attached hydrogens (tertiary/aromatic N) is 3. The van der Waals surface area contributed by atoms with Crippen LogP contribution in [-0.2, 0) is 0 Å². The minimum atomic E-state index is 0.730. The van der Waals surface area contributed by atoms with E-state index in [0.29, 0.717) is 0 Å². The second-order valence-corrected chi connectivity index (χ2v) is 6.70. The number of rotatable bonds is 3. The predicted molar refractivity (Wildman–Crippen MR) is 98.3 cm³/mol. The molecule has 1 aliphatic heterocycles. The summed E-state index contributed by atoms with van der Waals surface area (Å²) >= 11 is 7.64. The van der Waals surface area contributed by atoms with Crippen molar-refractivity contribution >= 4 is 29.1 Å². The van der Waals surface area contributed by atoms with Gasteiger partial charge in [-0.2, -0.15) is 5.10 Å². The molecule has 0 saturated heterocycles. The van der Waals surface area contributed by atoms with Gasteiger partial charge in [-0.1, -0.05) is 35.5 Å². The first-order chi connectivity index (χ1) is 11.7. The lowest BCUT2D eigenvalue weighted by Gasteiger charge is -2.12. The Morgan fingerprint density at radius 3 is 2.46 bits per heavy atom. The van der Waals surface area contributed by atoms with Gasteiger partial charge in [-0.15, -0.1) is 0 Å². The first kappa shape index (κ1) is 15.3. The molecule has 0 amide bonds. The van der Waals surface area contributed by atoms with Crippen molar-refractivity contribution in [3.05, 3.63) is 65.3 Å². The molecule has 3 aromatic rings. The third-order valence-electron chi connectivity index (χ3n) is 3.79. The summed E-state index contributed by atoms with van der Waals surface area (Å²) in [4.78, 5) is 4.68. The number of hydrogen-bond donors (Lipinski definition) is 0. The lowest BCUT2D eigenvalue weighted by atomic mass is 10.1. The van der Waals surface area contributed by atoms with Crippen molar-refractivity contribution in [3.63, 3.8) is 0 Å². The number of halogens is 1. The van der Waals surface area contributed by atoms with Gasteiger partial charge in [0.05, 0.1) is 24.7 Å². The molecule has 6 heteroatoms. The summed E-state index contributed by atoms with van der Waals surface area (Å²) in [6.07, 6.45) is 1.96. The standard InChI is InChI=1S/C18H14ClN3OS/c1-23-15-8-4-12(5-9-15)16-10-22-18(20-16)24-11-17(21-22)13-2-6-14(19)7-3-13/h2-10H,11H2,1H3. The molecular formula is C18H14ClN3OS. The van der Waals surface area contributed by atoms with Crippen LogP contribution in [-0.4, -0.2) is 28.2 Å². The van der Waals surface area contributed by atoms with E-state index in [4.69, 9.17) is 21.4 Å². The summed E-state index contributed by atoms with van der Waals surface area (Å²) < 4.78 is 7.04. The van der Waals surface area contributed by atoms with Crippen LogP contribution in [0.15, 0.2) is 65.0 Å². The van der Waals surface area contributed by atoms with Crippen molar-refractivity contribution < 1.29 is 4.74 Å². The van der Waals surface area contributed by atoms with Crippen LogP contribution in [0.1, 0.15) is 5.56 Å². The number of ether oxygens (including phenoxy) is 1. The normalized spacial score (nSPS) is 13.3. The molecule has 2 aromatic carbocycles. The van der Waals surface area contributed by atoms with E-state index in [1.54, 1.807) is 18.9 Å². The molecule has 2 heterocycles. The van der Waals surface area contributed by atoms with Crippen molar-refractivity contribution in [1.82, 2.24) is 9.66 Å². The van der Waals surface area contributed by atoms with E-state index in [2.05, 4.69) is 4.98 Å². The van der Waals surface area contributed by atoms with Crippen LogP contribution < -0.4 is 4.74 Å². The van der Waals surface area contributed by atoms with E-state index in [1.165, 1.54) is 0 Å². The van der Waals surface area contributed by atoms with Crippen LogP contribution in [0.25, 0.3) is 11.3 Å². The average molecular weight is 356 g/mol. The third-order valence-corrected chi connectivity index (χ3v) is 4.99. The molecule has 24 heavy (non-hydrogen) atoms. The zero-order chi connectivity index (χ0) is 16.5. The van der Waals surface area contributed by atoms with Gasteiger partial charge in [0.1, 0.15) is 5.75 Å². The molecule has 0 bridgehead atoms. The number of hydrogen-bond acceptors (Lipinski definition) is 4. The van der Waals surface area contributed by atoms with Gasteiger partial charge >= 0.3 is 0 Å². The minimum Gasteiger partial charge on any atom is -0.497 e. The first-order valence-electron chi connectivity index (χ1n) is 7.43. The van der Waals surface area contributed by atoms with E-state index in [9.17, 15) is 0 Å². The highest BCUT2D eigenvalue weighted by Crippen LogP contribution is 2.29. The number of imidazole rings is 1. The second kappa shape index (κ2) is 6.34. The SMILES string of the molecule is COc1ccc(-c2cn3c(n2)SCC(c2ccc(Cl)cc2)=N3)cc1. The maximum atomic E-state index is 5.96. The van der Waals surface area contributed by atoms with E-state index in [1.807, 2.05) is 59.4 Å². The zero-order valence-electron chi connectivity index (χ0n) is 12.9. The van der Waals surface area contributed by atoms with E-state index < -0.39 is 0 Å². The second-order valence-electron chi connectivity index (χ2n) is 5.32. The molecule has 0 fully saturated rings. The van der Waals surface area contributed by atoms with E-state index >= 15 is 0 Å². The Bertz CT molecular complexity index is 901.